The molecule has 0 fully saturated rings. The third-order valence-corrected chi connectivity index (χ3v) is 11.3. The number of aromatic nitrogens is 3. The van der Waals surface area contributed by atoms with Crippen LogP contribution in [0.1, 0.15) is 26.0 Å². The van der Waals surface area contributed by atoms with Gasteiger partial charge in [0, 0.05) is 42.1 Å². The Morgan fingerprint density at radius 1 is 0.371 bits per heavy atom. The number of rotatable bonds is 7. The molecule has 0 spiro atoms. The van der Waals surface area contributed by atoms with E-state index in [9.17, 15) is 11.0 Å². The molecule has 12 aromatic rings. The van der Waals surface area contributed by atoms with E-state index in [0.717, 1.165) is 33.2 Å². The molecule has 5 heteroatoms. The molecule has 0 aliphatic carbocycles. The molecule has 0 amide bonds. The molecule has 12 rings (SSSR count). The summed E-state index contributed by atoms with van der Waals surface area (Å²) in [6, 6.07) is 14.6. The van der Waals surface area contributed by atoms with Gasteiger partial charge in [0.05, 0.1) is 31.6 Å². The summed E-state index contributed by atoms with van der Waals surface area (Å²) in [5.41, 5.74) is -0.631. The predicted octanol–water partition coefficient (Wildman–Crippen LogP) is 15.8. The van der Waals surface area contributed by atoms with Crippen molar-refractivity contribution in [2.45, 2.75) is 0 Å². The second-order valence-electron chi connectivity index (χ2n) is 14.0. The fraction of sp³-hybridized carbons (Fsp3) is 0. The van der Waals surface area contributed by atoms with Crippen molar-refractivity contribution in [3.05, 3.63) is 212 Å². The van der Waals surface area contributed by atoms with Gasteiger partial charge in [-0.05, 0) is 86.9 Å². The second kappa shape index (κ2) is 14.9. The fourth-order valence-electron chi connectivity index (χ4n) is 7.44. The minimum absolute atomic E-state index is 0.0808. The highest BCUT2D eigenvalue weighted by Crippen LogP contribution is 2.44. The maximum atomic E-state index is 9.94. The fourth-order valence-corrected chi connectivity index (χ4v) is 8.46. The quantitative estimate of drug-likeness (QED) is 0.161. The van der Waals surface area contributed by atoms with E-state index >= 15 is 0 Å². The molecule has 0 radical (unpaired) electrons. The van der Waals surface area contributed by atoms with Gasteiger partial charge in [-0.25, -0.2) is 15.0 Å². The number of hydrogen-bond acceptors (Lipinski definition) is 5. The van der Waals surface area contributed by atoms with E-state index in [1.165, 1.54) is 0 Å². The molecular weight excluding hydrogens is 775 g/mol. The molecule has 0 saturated heterocycles. The van der Waals surface area contributed by atoms with Crippen LogP contribution in [-0.4, -0.2) is 15.0 Å². The summed E-state index contributed by atoms with van der Waals surface area (Å²) in [6.07, 6.45) is 0. The molecule has 0 N–H and O–H groups in total. The first kappa shape index (κ1) is 21.5. The molecule has 3 heterocycles. The maximum absolute atomic E-state index is 9.94. The smallest absolute Gasteiger partial charge is 0.167 e. The van der Waals surface area contributed by atoms with Crippen LogP contribution in [0.2, 0.25) is 0 Å². The normalized spacial score (nSPS) is 15.8. The predicted molar refractivity (Wildman–Crippen MR) is 258 cm³/mol. The van der Waals surface area contributed by atoms with Crippen LogP contribution in [0.3, 0.4) is 0 Å². The number of hydrogen-bond donors (Lipinski definition) is 0. The second-order valence-corrected chi connectivity index (χ2v) is 15.1. The Morgan fingerprint density at radius 3 is 1.76 bits per heavy atom. The summed E-state index contributed by atoms with van der Waals surface area (Å²) in [5, 5.41) is 1.07. The van der Waals surface area contributed by atoms with Crippen LogP contribution in [0.5, 0.6) is 0 Å². The van der Waals surface area contributed by atoms with E-state index in [2.05, 4.69) is 0 Å². The molecule has 0 bridgehead atoms. The van der Waals surface area contributed by atoms with E-state index in [1.807, 2.05) is 91.0 Å². The van der Waals surface area contributed by atoms with Gasteiger partial charge >= 0.3 is 0 Å². The monoisotopic (exact) mass is 828 g/mol. The van der Waals surface area contributed by atoms with Crippen LogP contribution < -0.4 is 0 Å². The van der Waals surface area contributed by atoms with Gasteiger partial charge in [0.15, 0.2) is 17.5 Å². The van der Waals surface area contributed by atoms with Gasteiger partial charge in [-0.15, -0.1) is 11.3 Å². The Bertz CT molecular complexity index is 4600. The number of furan rings is 1. The first-order valence-electron chi connectivity index (χ1n) is 28.7. The first-order chi connectivity index (χ1) is 38.6. The third kappa shape index (κ3) is 6.35. The molecule has 0 unspecified atom stereocenters. The van der Waals surface area contributed by atoms with Gasteiger partial charge in [-0.1, -0.05) is 170 Å². The minimum atomic E-state index is -0.945. The standard InChI is InChI=1S/C57H35N3OS/c1-4-14-36(15-5-1)39-26-28-40(29-27-39)55-58-56(60-57(59-55)49-23-12-22-47-46-20-10-11-24-50(46)61-54(47)49)41-30-31-48-52(35-41)62-51-25-13-21-45(53(48)51)44-33-42(37-16-6-2-7-17-37)32-43(34-44)38-18-8-3-9-19-38/h1-35H/i2D,3D,6D,7D,8D,9D,13D,16D,17D,18D,19D,21D,25D,30D,31D,32D,33D,34D,35D. The summed E-state index contributed by atoms with van der Waals surface area (Å²) in [4.78, 5) is 14.7. The molecule has 3 aromatic heterocycles. The largest absolute Gasteiger partial charge is 0.455 e. The SMILES string of the molecule is [2H]c1c([2H])c([2H])c(-c2c([2H])c(-c3c([2H])c([2H])c([2H])c([2H])c3[2H])c([2H])c(-c3c([2H])c([2H])c([2H])c4sc5c([2H])c(-c6nc(-c7ccc(-c8ccccc8)cc7)nc(-c7cccc8c7oc7ccccc78)n6)c([2H])c([2H])c5c34)c2[2H])c([2H])c1[2H]. The molecular formula is C57H35N3OS. The van der Waals surface area contributed by atoms with Crippen molar-refractivity contribution in [1.29, 1.82) is 0 Å². The molecule has 0 aliphatic rings. The number of para-hydroxylation sites is 2. The Labute approximate surface area is 388 Å². The van der Waals surface area contributed by atoms with E-state index in [0.29, 0.717) is 22.3 Å². The first-order valence-corrected chi connectivity index (χ1v) is 20.0. The number of benzene rings is 9. The highest BCUT2D eigenvalue weighted by Gasteiger charge is 2.20. The topological polar surface area (TPSA) is 51.8 Å². The Hall–Kier alpha value is -7.99. The van der Waals surface area contributed by atoms with Crippen molar-refractivity contribution in [2.75, 3.05) is 0 Å². The number of fused-ring (bicyclic) bond motifs is 6. The average Bonchev–Trinajstić information content (AvgIpc) is 3.61. The lowest BCUT2D eigenvalue weighted by Gasteiger charge is -2.12. The van der Waals surface area contributed by atoms with E-state index in [1.54, 1.807) is 6.07 Å². The van der Waals surface area contributed by atoms with Gasteiger partial charge < -0.3 is 4.42 Å². The van der Waals surface area contributed by atoms with Gasteiger partial charge in [-0.3, -0.25) is 0 Å². The maximum Gasteiger partial charge on any atom is 0.167 e. The van der Waals surface area contributed by atoms with E-state index in [-0.39, 0.29) is 43.2 Å². The third-order valence-electron chi connectivity index (χ3n) is 10.3. The Morgan fingerprint density at radius 2 is 1.00 bits per heavy atom. The van der Waals surface area contributed by atoms with E-state index < -0.39 is 148 Å². The number of thiophene rings is 1. The summed E-state index contributed by atoms with van der Waals surface area (Å²) >= 11 is 0.732. The zero-order valence-electron chi connectivity index (χ0n) is 50.9. The van der Waals surface area contributed by atoms with Crippen molar-refractivity contribution in [1.82, 2.24) is 15.0 Å². The molecule has 0 aliphatic heterocycles. The molecule has 62 heavy (non-hydrogen) atoms. The van der Waals surface area contributed by atoms with E-state index in [4.69, 9.17) is 34.4 Å². The van der Waals surface area contributed by atoms with Gasteiger partial charge in [0.25, 0.3) is 0 Å². The molecule has 0 atom stereocenters. The Kier molecular flexibility index (Phi) is 5.18. The summed E-state index contributed by atoms with van der Waals surface area (Å²) in [6.45, 7) is 0. The van der Waals surface area contributed by atoms with Gasteiger partial charge in [0.1, 0.15) is 11.2 Å². The zero-order valence-corrected chi connectivity index (χ0v) is 32.7. The highest BCUT2D eigenvalue weighted by atomic mass is 32.1. The van der Waals surface area contributed by atoms with Crippen molar-refractivity contribution in [3.8, 4) is 78.7 Å². The van der Waals surface area contributed by atoms with Crippen molar-refractivity contribution >= 4 is 53.4 Å². The summed E-state index contributed by atoms with van der Waals surface area (Å²) in [7, 11) is 0. The highest BCUT2D eigenvalue weighted by molar-refractivity contribution is 7.26. The minimum Gasteiger partial charge on any atom is -0.455 e. The summed E-state index contributed by atoms with van der Waals surface area (Å²) < 4.78 is 179. The van der Waals surface area contributed by atoms with Crippen molar-refractivity contribution in [2.24, 2.45) is 0 Å². The lowest BCUT2D eigenvalue weighted by Crippen LogP contribution is -2.00. The van der Waals surface area contributed by atoms with Gasteiger partial charge in [-0.2, -0.15) is 0 Å². The van der Waals surface area contributed by atoms with Crippen LogP contribution in [0, 0.1) is 0 Å². The molecule has 0 saturated carbocycles. The van der Waals surface area contributed by atoms with Crippen molar-refractivity contribution < 1.29 is 30.5 Å². The number of nitrogens with zero attached hydrogens (tertiary/aromatic N) is 3. The average molecular weight is 829 g/mol. The van der Waals surface area contributed by atoms with Crippen LogP contribution in [0.25, 0.3) is 121 Å². The van der Waals surface area contributed by atoms with Crippen LogP contribution in [0.4, 0.5) is 0 Å². The summed E-state index contributed by atoms with van der Waals surface area (Å²) in [5.74, 6) is 0.0217. The molecule has 290 valence electrons. The molecule has 4 nitrogen and oxygen atoms in total. The molecule has 9 aromatic carbocycles. The lowest BCUT2D eigenvalue weighted by molar-refractivity contribution is 0.669. The van der Waals surface area contributed by atoms with Gasteiger partial charge in [0.2, 0.25) is 0 Å². The van der Waals surface area contributed by atoms with Crippen LogP contribution in [0.15, 0.2) is 216 Å². The van der Waals surface area contributed by atoms with Crippen LogP contribution >= 0.6 is 11.3 Å². The lowest BCUT2D eigenvalue weighted by atomic mass is 9.91. The van der Waals surface area contributed by atoms with Crippen molar-refractivity contribution in [3.63, 3.8) is 0 Å². The van der Waals surface area contributed by atoms with Crippen LogP contribution in [-0.2, 0) is 0 Å². The Balaban J connectivity index is 1.17. The zero-order chi connectivity index (χ0) is 57.5.